The van der Waals surface area contributed by atoms with Crippen LogP contribution >= 0.6 is 0 Å². The van der Waals surface area contributed by atoms with E-state index in [9.17, 15) is 4.79 Å². The van der Waals surface area contributed by atoms with Gasteiger partial charge in [0.1, 0.15) is 5.76 Å². The number of carbonyl (C=O) groups excluding carboxylic acids is 1. The van der Waals surface area contributed by atoms with Crippen molar-refractivity contribution in [3.05, 3.63) is 23.7 Å². The average Bonchev–Trinajstić information content (AvgIpc) is 2.14. The number of carbonyl (C=O) groups is 1. The van der Waals surface area contributed by atoms with Crippen molar-refractivity contribution in [2.24, 2.45) is 0 Å². The Morgan fingerprint density at radius 1 is 1.56 bits per heavy atom. The van der Waals surface area contributed by atoms with Crippen molar-refractivity contribution in [3.63, 3.8) is 0 Å². The molecule has 0 unspecified atom stereocenters. The van der Waals surface area contributed by atoms with Crippen LogP contribution in [0.1, 0.15) is 16.3 Å². The van der Waals surface area contributed by atoms with Crippen molar-refractivity contribution in [2.45, 2.75) is 6.92 Å². The lowest BCUT2D eigenvalue weighted by Gasteiger charge is -1.75. The average molecular weight is 128 g/mol. The molecule has 50 valence electrons. The van der Waals surface area contributed by atoms with Gasteiger partial charge in [-0.25, -0.2) is 0 Å². The van der Waals surface area contributed by atoms with Crippen LogP contribution in [0.15, 0.2) is 16.5 Å². The first-order valence-corrected chi connectivity index (χ1v) is 2.34. The van der Waals surface area contributed by atoms with Crippen molar-refractivity contribution >= 4 is 6.29 Å². The van der Waals surface area contributed by atoms with Crippen molar-refractivity contribution in [2.75, 3.05) is 0 Å². The number of aryl methyl sites for hydroxylation is 1. The number of aldehydes is 1. The first kappa shape index (κ1) is 7.91. The Balaban J connectivity index is 0.000000640. The minimum atomic E-state index is 0. The number of furan rings is 1. The summed E-state index contributed by atoms with van der Waals surface area (Å²) in [6.45, 7) is 1.80. The third-order valence-electron chi connectivity index (χ3n) is 0.877. The molecule has 0 spiro atoms. The standard InChI is InChI=1S/C6H6O2.H2O/c1-5-2-3-6(4-7)8-5;/h2-4H,1H3;1H2. The third kappa shape index (κ3) is 1.70. The zero-order valence-electron chi connectivity index (χ0n) is 5.05. The molecular weight excluding hydrogens is 120 g/mol. The minimum absolute atomic E-state index is 0. The largest absolute Gasteiger partial charge is 0.459 e. The monoisotopic (exact) mass is 128 g/mol. The van der Waals surface area contributed by atoms with Gasteiger partial charge in [-0.2, -0.15) is 0 Å². The van der Waals surface area contributed by atoms with Crippen LogP contribution in [0.25, 0.3) is 0 Å². The van der Waals surface area contributed by atoms with Gasteiger partial charge >= 0.3 is 0 Å². The second-order valence-electron chi connectivity index (χ2n) is 1.57. The van der Waals surface area contributed by atoms with E-state index in [1.807, 2.05) is 0 Å². The van der Waals surface area contributed by atoms with Gasteiger partial charge in [0.05, 0.1) is 0 Å². The molecule has 0 aromatic carbocycles. The van der Waals surface area contributed by atoms with Crippen LogP contribution < -0.4 is 0 Å². The molecule has 0 amide bonds. The van der Waals surface area contributed by atoms with Crippen molar-refractivity contribution in [3.8, 4) is 0 Å². The highest BCUT2D eigenvalue weighted by Crippen LogP contribution is 2.01. The zero-order valence-corrected chi connectivity index (χ0v) is 5.05. The van der Waals surface area contributed by atoms with E-state index in [1.165, 1.54) is 0 Å². The van der Waals surface area contributed by atoms with Crippen LogP contribution in [0.4, 0.5) is 0 Å². The smallest absolute Gasteiger partial charge is 0.185 e. The molecule has 0 aliphatic rings. The molecule has 0 saturated carbocycles. The van der Waals surface area contributed by atoms with E-state index in [1.54, 1.807) is 19.1 Å². The molecule has 1 aromatic rings. The normalized spacial score (nSPS) is 8.11. The summed E-state index contributed by atoms with van der Waals surface area (Å²) in [7, 11) is 0. The van der Waals surface area contributed by atoms with Gasteiger partial charge in [0, 0.05) is 0 Å². The molecule has 0 fully saturated rings. The summed E-state index contributed by atoms with van der Waals surface area (Å²) in [6.07, 6.45) is 0.688. The van der Waals surface area contributed by atoms with Crippen LogP contribution in [0.5, 0.6) is 0 Å². The van der Waals surface area contributed by atoms with E-state index in [-0.39, 0.29) is 5.48 Å². The Bertz CT molecular complexity index is 190. The number of rotatable bonds is 1. The topological polar surface area (TPSA) is 61.7 Å². The zero-order chi connectivity index (χ0) is 5.98. The summed E-state index contributed by atoms with van der Waals surface area (Å²) in [6, 6.07) is 3.39. The first-order chi connectivity index (χ1) is 3.83. The van der Waals surface area contributed by atoms with Crippen molar-refractivity contribution in [1.29, 1.82) is 0 Å². The predicted octanol–water partition coefficient (Wildman–Crippen LogP) is 0.576. The minimum Gasteiger partial charge on any atom is -0.459 e. The van der Waals surface area contributed by atoms with Crippen molar-refractivity contribution in [1.82, 2.24) is 0 Å². The fourth-order valence-corrected chi connectivity index (χ4v) is 0.517. The van der Waals surface area contributed by atoms with Gasteiger partial charge < -0.3 is 9.89 Å². The molecule has 0 atom stereocenters. The van der Waals surface area contributed by atoms with Crippen LogP contribution in [0, 0.1) is 6.92 Å². The Labute approximate surface area is 52.6 Å². The summed E-state index contributed by atoms with van der Waals surface area (Å²) < 4.78 is 4.86. The van der Waals surface area contributed by atoms with E-state index in [4.69, 9.17) is 4.42 Å². The highest BCUT2D eigenvalue weighted by atomic mass is 16.3. The number of hydrogen-bond acceptors (Lipinski definition) is 2. The molecule has 1 heterocycles. The van der Waals surface area contributed by atoms with Gasteiger partial charge in [-0.15, -0.1) is 0 Å². The Kier molecular flexibility index (Phi) is 2.67. The van der Waals surface area contributed by atoms with E-state index < -0.39 is 0 Å². The molecular formula is C6H8O3. The molecule has 0 saturated heterocycles. The van der Waals surface area contributed by atoms with Gasteiger partial charge in [0.15, 0.2) is 12.0 Å². The van der Waals surface area contributed by atoms with Gasteiger partial charge in [-0.3, -0.25) is 4.79 Å². The lowest BCUT2D eigenvalue weighted by atomic mass is 10.5. The maximum absolute atomic E-state index is 9.93. The lowest BCUT2D eigenvalue weighted by Crippen LogP contribution is -1.66. The Morgan fingerprint density at radius 3 is 2.44 bits per heavy atom. The molecule has 1 rings (SSSR count). The van der Waals surface area contributed by atoms with E-state index in [0.717, 1.165) is 5.76 Å². The van der Waals surface area contributed by atoms with Gasteiger partial charge in [-0.1, -0.05) is 0 Å². The van der Waals surface area contributed by atoms with Gasteiger partial charge in [0.2, 0.25) is 0 Å². The molecule has 9 heavy (non-hydrogen) atoms. The summed E-state index contributed by atoms with van der Waals surface area (Å²) in [4.78, 5) is 9.93. The molecule has 3 nitrogen and oxygen atoms in total. The summed E-state index contributed by atoms with van der Waals surface area (Å²) >= 11 is 0. The highest BCUT2D eigenvalue weighted by molar-refractivity contribution is 5.70. The second kappa shape index (κ2) is 3.04. The molecule has 1 aromatic heterocycles. The maximum atomic E-state index is 9.93. The van der Waals surface area contributed by atoms with E-state index in [2.05, 4.69) is 0 Å². The first-order valence-electron chi connectivity index (χ1n) is 2.34. The number of hydrogen-bond donors (Lipinski definition) is 0. The van der Waals surface area contributed by atoms with Gasteiger partial charge in [-0.05, 0) is 19.1 Å². The molecule has 0 aliphatic heterocycles. The quantitative estimate of drug-likeness (QED) is 0.519. The van der Waals surface area contributed by atoms with Crippen molar-refractivity contribution < 1.29 is 14.7 Å². The fraction of sp³-hybridized carbons (Fsp3) is 0.167. The molecule has 2 N–H and O–H groups in total. The summed E-state index contributed by atoms with van der Waals surface area (Å²) in [5.41, 5.74) is 0. The molecule has 0 aliphatic carbocycles. The van der Waals surface area contributed by atoms with Crippen LogP contribution in [-0.4, -0.2) is 11.8 Å². The van der Waals surface area contributed by atoms with E-state index in [0.29, 0.717) is 12.0 Å². The van der Waals surface area contributed by atoms with Gasteiger partial charge in [0.25, 0.3) is 0 Å². The maximum Gasteiger partial charge on any atom is 0.185 e. The second-order valence-corrected chi connectivity index (χ2v) is 1.57. The Hall–Kier alpha value is -1.09. The Morgan fingerprint density at radius 2 is 2.22 bits per heavy atom. The fourth-order valence-electron chi connectivity index (χ4n) is 0.517. The lowest BCUT2D eigenvalue weighted by molar-refractivity contribution is 0.109. The molecule has 0 bridgehead atoms. The van der Waals surface area contributed by atoms with E-state index >= 15 is 0 Å². The summed E-state index contributed by atoms with van der Waals surface area (Å²) in [5, 5.41) is 0. The van der Waals surface area contributed by atoms with Crippen LogP contribution in [-0.2, 0) is 0 Å². The summed E-state index contributed by atoms with van der Waals surface area (Å²) in [5.74, 6) is 1.16. The third-order valence-corrected chi connectivity index (χ3v) is 0.877. The van der Waals surface area contributed by atoms with Crippen LogP contribution in [0.3, 0.4) is 0 Å². The highest BCUT2D eigenvalue weighted by Gasteiger charge is 1.91. The van der Waals surface area contributed by atoms with Crippen LogP contribution in [0.2, 0.25) is 0 Å². The predicted molar refractivity (Wildman–Crippen MR) is 32.4 cm³/mol. The SMILES string of the molecule is Cc1ccc(C=O)o1.O. The molecule has 0 radical (unpaired) electrons. The molecule has 3 heteroatoms.